The maximum atomic E-state index is 6.46. The molecule has 0 spiro atoms. The van der Waals surface area contributed by atoms with Crippen LogP contribution in [-0.4, -0.2) is 43.7 Å². The first-order chi connectivity index (χ1) is 9.78. The number of nitrogens with zero attached hydrogens (tertiary/aromatic N) is 2. The first-order valence-electron chi connectivity index (χ1n) is 7.75. The van der Waals surface area contributed by atoms with Gasteiger partial charge in [-0.05, 0) is 63.0 Å². The van der Waals surface area contributed by atoms with E-state index in [0.29, 0.717) is 6.54 Å². The summed E-state index contributed by atoms with van der Waals surface area (Å²) in [6.45, 7) is 5.48. The monoisotopic (exact) mass is 293 g/mol. The van der Waals surface area contributed by atoms with Crippen molar-refractivity contribution < 1.29 is 0 Å². The molecule has 1 atom stereocenters. The van der Waals surface area contributed by atoms with E-state index >= 15 is 0 Å². The van der Waals surface area contributed by atoms with Crippen LogP contribution < -0.4 is 10.6 Å². The predicted octanol–water partition coefficient (Wildman–Crippen LogP) is 2.52. The molecule has 1 unspecified atom stereocenters. The highest BCUT2D eigenvalue weighted by molar-refractivity contribution is 6.33. The summed E-state index contributed by atoms with van der Waals surface area (Å²) in [6, 6.07) is 7.13. The van der Waals surface area contributed by atoms with Gasteiger partial charge in [-0.15, -0.1) is 0 Å². The van der Waals surface area contributed by atoms with E-state index in [9.17, 15) is 0 Å². The molecular weight excluding hydrogens is 270 g/mol. The molecule has 0 amide bonds. The summed E-state index contributed by atoms with van der Waals surface area (Å²) >= 11 is 6.46. The van der Waals surface area contributed by atoms with E-state index in [1.165, 1.54) is 43.6 Å². The lowest BCUT2D eigenvalue weighted by atomic mass is 10.1. The van der Waals surface area contributed by atoms with E-state index in [4.69, 9.17) is 17.3 Å². The van der Waals surface area contributed by atoms with Gasteiger partial charge in [-0.2, -0.15) is 0 Å². The summed E-state index contributed by atoms with van der Waals surface area (Å²) in [7, 11) is 0. The molecular formula is C16H24ClN3. The summed E-state index contributed by atoms with van der Waals surface area (Å²) in [4.78, 5) is 5.09. The second-order valence-corrected chi connectivity index (χ2v) is 6.36. The van der Waals surface area contributed by atoms with E-state index in [-0.39, 0.29) is 0 Å². The van der Waals surface area contributed by atoms with E-state index in [1.54, 1.807) is 0 Å². The number of halogens is 1. The second kappa shape index (κ2) is 6.33. The average Bonchev–Trinajstić information content (AvgIpc) is 3.10. The van der Waals surface area contributed by atoms with Crippen molar-refractivity contribution in [3.8, 4) is 0 Å². The molecule has 0 aliphatic carbocycles. The summed E-state index contributed by atoms with van der Waals surface area (Å²) in [5, 5.41) is 0.873. The van der Waals surface area contributed by atoms with Crippen LogP contribution in [0.4, 0.5) is 5.69 Å². The van der Waals surface area contributed by atoms with Crippen LogP contribution in [0, 0.1) is 0 Å². The molecule has 2 aliphatic rings. The predicted molar refractivity (Wildman–Crippen MR) is 85.6 cm³/mol. The summed E-state index contributed by atoms with van der Waals surface area (Å²) in [5.74, 6) is 0. The number of rotatable bonds is 4. The van der Waals surface area contributed by atoms with Gasteiger partial charge in [0.15, 0.2) is 0 Å². The van der Waals surface area contributed by atoms with Crippen LogP contribution in [0.2, 0.25) is 5.02 Å². The molecule has 2 fully saturated rings. The molecule has 2 aliphatic heterocycles. The smallest absolute Gasteiger partial charge is 0.0642 e. The van der Waals surface area contributed by atoms with E-state index in [1.807, 2.05) is 0 Å². The standard InChI is InChI=1S/C16H24ClN3/c17-15-11-13(5-7-18)3-4-16(15)20-10-6-14(12-20)19-8-1-2-9-19/h3-4,11,14H,1-2,5-10,12,18H2. The molecule has 2 heterocycles. The number of hydrogen-bond donors (Lipinski definition) is 1. The van der Waals surface area contributed by atoms with Gasteiger partial charge < -0.3 is 10.6 Å². The number of nitrogens with two attached hydrogens (primary N) is 1. The Morgan fingerprint density at radius 1 is 1.20 bits per heavy atom. The van der Waals surface area contributed by atoms with E-state index < -0.39 is 0 Å². The first-order valence-corrected chi connectivity index (χ1v) is 8.13. The van der Waals surface area contributed by atoms with Crippen LogP contribution in [0.1, 0.15) is 24.8 Å². The highest BCUT2D eigenvalue weighted by atomic mass is 35.5. The third-order valence-electron chi connectivity index (χ3n) is 4.61. The fraction of sp³-hybridized carbons (Fsp3) is 0.625. The number of likely N-dealkylation sites (tertiary alicyclic amines) is 1. The Hall–Kier alpha value is -0.770. The van der Waals surface area contributed by atoms with Crippen molar-refractivity contribution >= 4 is 17.3 Å². The molecule has 0 saturated carbocycles. The molecule has 20 heavy (non-hydrogen) atoms. The molecule has 0 radical (unpaired) electrons. The van der Waals surface area contributed by atoms with Crippen LogP contribution >= 0.6 is 11.6 Å². The molecule has 0 bridgehead atoms. The Labute approximate surface area is 126 Å². The minimum absolute atomic E-state index is 0.677. The number of anilines is 1. The average molecular weight is 294 g/mol. The van der Waals surface area contributed by atoms with Crippen LogP contribution in [0.5, 0.6) is 0 Å². The zero-order valence-corrected chi connectivity index (χ0v) is 12.8. The molecule has 4 heteroatoms. The Morgan fingerprint density at radius 2 is 2.00 bits per heavy atom. The van der Waals surface area contributed by atoms with Crippen molar-refractivity contribution in [2.24, 2.45) is 5.73 Å². The maximum Gasteiger partial charge on any atom is 0.0642 e. The van der Waals surface area contributed by atoms with Crippen LogP contribution in [0.3, 0.4) is 0 Å². The zero-order valence-electron chi connectivity index (χ0n) is 12.0. The third kappa shape index (κ3) is 2.95. The fourth-order valence-corrected chi connectivity index (χ4v) is 3.82. The van der Waals surface area contributed by atoms with Gasteiger partial charge in [-0.25, -0.2) is 0 Å². The summed E-state index contributed by atoms with van der Waals surface area (Å²) in [5.41, 5.74) is 8.02. The Bertz CT molecular complexity index is 457. The zero-order chi connectivity index (χ0) is 13.9. The Morgan fingerprint density at radius 3 is 2.70 bits per heavy atom. The molecule has 110 valence electrons. The fourth-order valence-electron chi connectivity index (χ4n) is 3.49. The van der Waals surface area contributed by atoms with Crippen LogP contribution in [0.25, 0.3) is 0 Å². The lowest BCUT2D eigenvalue weighted by Crippen LogP contribution is -2.35. The highest BCUT2D eigenvalue weighted by Gasteiger charge is 2.29. The van der Waals surface area contributed by atoms with Crippen molar-refractivity contribution in [3.63, 3.8) is 0 Å². The first kappa shape index (κ1) is 14.2. The Kier molecular flexibility index (Phi) is 4.49. The van der Waals surface area contributed by atoms with Crippen molar-refractivity contribution in [2.75, 3.05) is 37.6 Å². The van der Waals surface area contributed by atoms with E-state index in [0.717, 1.165) is 30.6 Å². The summed E-state index contributed by atoms with van der Waals surface area (Å²) in [6.07, 6.45) is 4.90. The van der Waals surface area contributed by atoms with Crippen LogP contribution in [-0.2, 0) is 6.42 Å². The molecule has 3 nitrogen and oxygen atoms in total. The lowest BCUT2D eigenvalue weighted by Gasteiger charge is -2.25. The third-order valence-corrected chi connectivity index (χ3v) is 4.91. The van der Waals surface area contributed by atoms with Gasteiger partial charge in [-0.1, -0.05) is 17.7 Å². The van der Waals surface area contributed by atoms with E-state index in [2.05, 4.69) is 28.0 Å². The van der Waals surface area contributed by atoms with Gasteiger partial charge in [0.05, 0.1) is 10.7 Å². The SMILES string of the molecule is NCCc1ccc(N2CCC(N3CCCC3)C2)c(Cl)c1. The quantitative estimate of drug-likeness (QED) is 0.926. The minimum atomic E-state index is 0.677. The summed E-state index contributed by atoms with van der Waals surface area (Å²) < 4.78 is 0. The molecule has 0 aromatic heterocycles. The molecule has 2 N–H and O–H groups in total. The van der Waals surface area contributed by atoms with Gasteiger partial charge in [0.2, 0.25) is 0 Å². The molecule has 1 aromatic rings. The van der Waals surface area contributed by atoms with Crippen molar-refractivity contribution in [2.45, 2.75) is 31.7 Å². The largest absolute Gasteiger partial charge is 0.369 e. The molecule has 1 aromatic carbocycles. The second-order valence-electron chi connectivity index (χ2n) is 5.96. The molecule has 3 rings (SSSR count). The normalized spacial score (nSPS) is 23.7. The van der Waals surface area contributed by atoms with Gasteiger partial charge in [0.25, 0.3) is 0 Å². The van der Waals surface area contributed by atoms with Gasteiger partial charge in [-0.3, -0.25) is 4.90 Å². The van der Waals surface area contributed by atoms with Crippen molar-refractivity contribution in [1.29, 1.82) is 0 Å². The topological polar surface area (TPSA) is 32.5 Å². The van der Waals surface area contributed by atoms with Crippen molar-refractivity contribution in [3.05, 3.63) is 28.8 Å². The Balaban J connectivity index is 1.67. The minimum Gasteiger partial charge on any atom is -0.369 e. The number of hydrogen-bond acceptors (Lipinski definition) is 3. The van der Waals surface area contributed by atoms with Gasteiger partial charge in [0.1, 0.15) is 0 Å². The lowest BCUT2D eigenvalue weighted by molar-refractivity contribution is 0.260. The number of benzene rings is 1. The van der Waals surface area contributed by atoms with Gasteiger partial charge >= 0.3 is 0 Å². The van der Waals surface area contributed by atoms with Crippen molar-refractivity contribution in [1.82, 2.24) is 4.90 Å². The van der Waals surface area contributed by atoms with Gasteiger partial charge in [0, 0.05) is 19.1 Å². The molecule has 2 saturated heterocycles. The van der Waals surface area contributed by atoms with Crippen LogP contribution in [0.15, 0.2) is 18.2 Å². The highest BCUT2D eigenvalue weighted by Crippen LogP contribution is 2.31. The maximum absolute atomic E-state index is 6.46.